The first-order valence-corrected chi connectivity index (χ1v) is 9.17. The Kier molecular flexibility index (Phi) is 6.19. The first-order valence-electron chi connectivity index (χ1n) is 9.17. The van der Waals surface area contributed by atoms with Gasteiger partial charge in [-0.1, -0.05) is 30.3 Å². The van der Waals surface area contributed by atoms with E-state index in [2.05, 4.69) is 10.3 Å². The number of ether oxygens (including phenoxy) is 1. The van der Waals surface area contributed by atoms with E-state index in [0.717, 1.165) is 11.6 Å². The molecule has 0 N–H and O–H groups in total. The Morgan fingerprint density at radius 2 is 1.84 bits per heavy atom. The standard InChI is InChI=1S/C19H18N6O6/c1-3-31-19(26)18-13(2)23(21-20-18)22(12-14-7-5-4-6-8-14)16-10-9-15(24(27)28)11-17(16)25(29)30/h4-11H,3,12H2,1-2H3. The number of hydrogen-bond donors (Lipinski definition) is 0. The Balaban J connectivity index is 2.16. The molecule has 0 saturated heterocycles. The smallest absolute Gasteiger partial charge is 0.360 e. The van der Waals surface area contributed by atoms with Gasteiger partial charge in [0.15, 0.2) is 5.69 Å². The first-order chi connectivity index (χ1) is 14.8. The van der Waals surface area contributed by atoms with Crippen molar-refractivity contribution in [2.45, 2.75) is 20.4 Å². The number of nitro groups is 2. The van der Waals surface area contributed by atoms with Gasteiger partial charge in [0.1, 0.15) is 5.69 Å². The van der Waals surface area contributed by atoms with E-state index in [0.29, 0.717) is 5.69 Å². The Labute approximate surface area is 175 Å². The van der Waals surface area contributed by atoms with Crippen molar-refractivity contribution >= 4 is 23.0 Å². The number of rotatable bonds is 8. The number of carbonyl (C=O) groups excluding carboxylic acids is 1. The average molecular weight is 426 g/mol. The van der Waals surface area contributed by atoms with Gasteiger partial charge in [-0.15, -0.1) is 5.10 Å². The number of hydrogen-bond acceptors (Lipinski definition) is 9. The molecule has 0 aliphatic carbocycles. The molecule has 0 amide bonds. The monoisotopic (exact) mass is 426 g/mol. The topological polar surface area (TPSA) is 147 Å². The second-order valence-corrected chi connectivity index (χ2v) is 6.36. The van der Waals surface area contributed by atoms with Crippen LogP contribution in [0.1, 0.15) is 28.7 Å². The summed E-state index contributed by atoms with van der Waals surface area (Å²) in [6.07, 6.45) is 0. The molecule has 12 heteroatoms. The van der Waals surface area contributed by atoms with E-state index in [1.807, 2.05) is 18.2 Å². The summed E-state index contributed by atoms with van der Waals surface area (Å²) in [7, 11) is 0. The van der Waals surface area contributed by atoms with Crippen molar-refractivity contribution in [1.29, 1.82) is 0 Å². The van der Waals surface area contributed by atoms with E-state index in [1.165, 1.54) is 21.9 Å². The van der Waals surface area contributed by atoms with Gasteiger partial charge in [0.05, 0.1) is 34.8 Å². The molecular weight excluding hydrogens is 408 g/mol. The Morgan fingerprint density at radius 3 is 2.45 bits per heavy atom. The second-order valence-electron chi connectivity index (χ2n) is 6.36. The highest BCUT2D eigenvalue weighted by Crippen LogP contribution is 2.33. The molecule has 0 spiro atoms. The predicted octanol–water partition coefficient (Wildman–Crippen LogP) is 3.05. The molecule has 12 nitrogen and oxygen atoms in total. The molecule has 160 valence electrons. The van der Waals surface area contributed by atoms with Gasteiger partial charge < -0.3 is 4.74 Å². The summed E-state index contributed by atoms with van der Waals surface area (Å²) in [4.78, 5) is 34.8. The quantitative estimate of drug-likeness (QED) is 0.301. The van der Waals surface area contributed by atoms with Crippen molar-refractivity contribution in [1.82, 2.24) is 15.1 Å². The molecule has 3 aromatic rings. The van der Waals surface area contributed by atoms with E-state index >= 15 is 0 Å². The summed E-state index contributed by atoms with van der Waals surface area (Å²) in [6.45, 7) is 3.49. The summed E-state index contributed by atoms with van der Waals surface area (Å²) in [6, 6.07) is 12.4. The molecule has 0 saturated carbocycles. The largest absolute Gasteiger partial charge is 0.461 e. The lowest BCUT2D eigenvalue weighted by Crippen LogP contribution is -2.32. The summed E-state index contributed by atoms with van der Waals surface area (Å²) in [5.74, 6) is -0.677. The molecule has 0 aliphatic rings. The minimum Gasteiger partial charge on any atom is -0.461 e. The van der Waals surface area contributed by atoms with Crippen LogP contribution in [0, 0.1) is 27.2 Å². The third kappa shape index (κ3) is 4.47. The molecule has 0 aliphatic heterocycles. The van der Waals surface area contributed by atoms with Gasteiger partial charge in [-0.3, -0.25) is 25.2 Å². The van der Waals surface area contributed by atoms with Crippen molar-refractivity contribution in [3.8, 4) is 0 Å². The third-order valence-electron chi connectivity index (χ3n) is 4.39. The van der Waals surface area contributed by atoms with Gasteiger partial charge in [-0.05, 0) is 30.7 Å². The maximum absolute atomic E-state index is 12.2. The molecule has 31 heavy (non-hydrogen) atoms. The van der Waals surface area contributed by atoms with Crippen LogP contribution in [0.5, 0.6) is 0 Å². The van der Waals surface area contributed by atoms with Crippen LogP contribution >= 0.6 is 0 Å². The van der Waals surface area contributed by atoms with Gasteiger partial charge in [-0.2, -0.15) is 4.79 Å². The SMILES string of the molecule is CCOC(=O)c1nnn(N(Cc2ccccc2)c2ccc([N+](=O)[O-])cc2[N+](=O)[O-])c1C. The molecule has 3 rings (SSSR count). The molecule has 0 bridgehead atoms. The lowest BCUT2D eigenvalue weighted by molar-refractivity contribution is -0.393. The van der Waals surface area contributed by atoms with Gasteiger partial charge in [0.25, 0.3) is 5.69 Å². The van der Waals surface area contributed by atoms with Crippen LogP contribution in [-0.4, -0.2) is 37.5 Å². The first kappa shape index (κ1) is 21.4. The second kappa shape index (κ2) is 8.98. The zero-order valence-corrected chi connectivity index (χ0v) is 16.7. The molecule has 0 unspecified atom stereocenters. The average Bonchev–Trinajstić information content (AvgIpc) is 3.13. The van der Waals surface area contributed by atoms with Gasteiger partial charge in [-0.25, -0.2) is 4.79 Å². The Bertz CT molecular complexity index is 1130. The number of anilines is 1. The minimum absolute atomic E-state index is 0.0375. The van der Waals surface area contributed by atoms with Crippen molar-refractivity contribution in [2.75, 3.05) is 11.6 Å². The molecule has 2 aromatic carbocycles. The van der Waals surface area contributed by atoms with Crippen molar-refractivity contribution < 1.29 is 19.4 Å². The van der Waals surface area contributed by atoms with E-state index in [9.17, 15) is 25.0 Å². The molecular formula is C19H18N6O6. The van der Waals surface area contributed by atoms with Crippen molar-refractivity contribution in [3.63, 3.8) is 0 Å². The summed E-state index contributed by atoms with van der Waals surface area (Å²) >= 11 is 0. The van der Waals surface area contributed by atoms with Gasteiger partial charge in [0.2, 0.25) is 0 Å². The molecule has 0 fully saturated rings. The van der Waals surface area contributed by atoms with Crippen LogP contribution in [-0.2, 0) is 11.3 Å². The maximum Gasteiger partial charge on any atom is 0.360 e. The lowest BCUT2D eigenvalue weighted by Gasteiger charge is -2.25. The highest BCUT2D eigenvalue weighted by Gasteiger charge is 2.28. The fraction of sp³-hybridized carbons (Fsp3) is 0.211. The molecule has 1 heterocycles. The zero-order chi connectivity index (χ0) is 22.5. The van der Waals surface area contributed by atoms with Crippen LogP contribution in [0.4, 0.5) is 17.1 Å². The number of non-ortho nitro benzene ring substituents is 1. The zero-order valence-electron chi connectivity index (χ0n) is 16.7. The summed E-state index contributed by atoms with van der Waals surface area (Å²) < 4.78 is 4.97. The van der Waals surface area contributed by atoms with Crippen LogP contribution in [0.2, 0.25) is 0 Å². The number of benzene rings is 2. The highest BCUT2D eigenvalue weighted by molar-refractivity contribution is 5.88. The fourth-order valence-corrected chi connectivity index (χ4v) is 2.94. The van der Waals surface area contributed by atoms with Gasteiger partial charge in [0, 0.05) is 6.07 Å². The summed E-state index contributed by atoms with van der Waals surface area (Å²) in [5, 5.41) is 32.1. The van der Waals surface area contributed by atoms with Crippen molar-refractivity contribution in [3.05, 3.63) is 85.7 Å². The highest BCUT2D eigenvalue weighted by atomic mass is 16.6. The number of carbonyl (C=O) groups is 1. The Morgan fingerprint density at radius 1 is 1.13 bits per heavy atom. The van der Waals surface area contributed by atoms with E-state index < -0.39 is 27.2 Å². The molecule has 0 radical (unpaired) electrons. The predicted molar refractivity (Wildman–Crippen MR) is 108 cm³/mol. The number of esters is 1. The van der Waals surface area contributed by atoms with E-state index in [4.69, 9.17) is 4.74 Å². The summed E-state index contributed by atoms with van der Waals surface area (Å²) in [5.41, 5.74) is 0.174. The minimum atomic E-state index is -0.710. The number of nitrogens with zero attached hydrogens (tertiary/aromatic N) is 6. The lowest BCUT2D eigenvalue weighted by atomic mass is 10.2. The number of aromatic nitrogens is 3. The third-order valence-corrected chi connectivity index (χ3v) is 4.39. The molecule has 1 aromatic heterocycles. The van der Waals surface area contributed by atoms with Crippen LogP contribution in [0.25, 0.3) is 0 Å². The maximum atomic E-state index is 12.2. The van der Waals surface area contributed by atoms with Crippen molar-refractivity contribution in [2.24, 2.45) is 0 Å². The van der Waals surface area contributed by atoms with Crippen LogP contribution < -0.4 is 5.01 Å². The normalized spacial score (nSPS) is 10.5. The number of nitro benzene ring substituents is 2. The van der Waals surface area contributed by atoms with Gasteiger partial charge >= 0.3 is 11.7 Å². The molecule has 0 atom stereocenters. The van der Waals surface area contributed by atoms with Crippen LogP contribution in [0.3, 0.4) is 0 Å². The van der Waals surface area contributed by atoms with E-state index in [-0.39, 0.29) is 24.5 Å². The fourth-order valence-electron chi connectivity index (χ4n) is 2.94. The van der Waals surface area contributed by atoms with E-state index in [1.54, 1.807) is 26.0 Å². The Hall–Kier alpha value is -4.35. The van der Waals surface area contributed by atoms with Crippen LogP contribution in [0.15, 0.2) is 48.5 Å².